The van der Waals surface area contributed by atoms with E-state index in [-0.39, 0.29) is 6.04 Å². The first-order valence-electron chi connectivity index (χ1n) is 3.29. The van der Waals surface area contributed by atoms with Crippen LogP contribution in [0.15, 0.2) is 0 Å². The van der Waals surface area contributed by atoms with Crippen LogP contribution in [0.2, 0.25) is 0 Å². The van der Waals surface area contributed by atoms with Gasteiger partial charge in [0.05, 0.1) is 12.2 Å². The van der Waals surface area contributed by atoms with E-state index < -0.39 is 12.2 Å². The molecule has 0 radical (unpaired) electrons. The third-order valence-electron chi connectivity index (χ3n) is 1.95. The van der Waals surface area contributed by atoms with Gasteiger partial charge in [-0.25, -0.2) is 0 Å². The van der Waals surface area contributed by atoms with Crippen LogP contribution in [0.25, 0.3) is 0 Å². The summed E-state index contributed by atoms with van der Waals surface area (Å²) >= 11 is 0. The van der Waals surface area contributed by atoms with Gasteiger partial charge in [0.25, 0.3) is 0 Å². The van der Waals surface area contributed by atoms with Gasteiger partial charge in [-0.3, -0.25) is 0 Å². The molecule has 1 saturated carbocycles. The van der Waals surface area contributed by atoms with Crippen LogP contribution in [0.1, 0.15) is 12.8 Å². The summed E-state index contributed by atoms with van der Waals surface area (Å²) in [6.07, 6.45) is 0.517. The van der Waals surface area contributed by atoms with Crippen LogP contribution in [-0.4, -0.2) is 35.5 Å². The molecule has 0 aromatic heterocycles. The van der Waals surface area contributed by atoms with Gasteiger partial charge in [0.15, 0.2) is 0 Å². The molecule has 1 aliphatic carbocycles. The predicted molar refractivity (Wildman–Crippen MR) is 34.1 cm³/mol. The Balaban J connectivity index is 2.41. The molecule has 0 aliphatic heterocycles. The number of hydrogen-bond acceptors (Lipinski definition) is 3. The van der Waals surface area contributed by atoms with Crippen molar-refractivity contribution in [2.75, 3.05) is 7.05 Å². The molecule has 3 atom stereocenters. The number of likely N-dealkylation sites (N-methyl/N-ethyl adjacent to an activating group) is 1. The molecule has 0 unspecified atom stereocenters. The highest BCUT2D eigenvalue weighted by atomic mass is 16.3. The molecule has 0 aromatic rings. The molecule has 0 bridgehead atoms. The Bertz CT molecular complexity index is 97.1. The Morgan fingerprint density at radius 3 is 2.22 bits per heavy atom. The fourth-order valence-electron chi connectivity index (χ4n) is 1.28. The first-order valence-corrected chi connectivity index (χ1v) is 3.29. The van der Waals surface area contributed by atoms with Crippen LogP contribution in [0.4, 0.5) is 0 Å². The van der Waals surface area contributed by atoms with Crippen molar-refractivity contribution < 1.29 is 10.2 Å². The largest absolute Gasteiger partial charge is 0.390 e. The Labute approximate surface area is 54.7 Å². The minimum atomic E-state index is -0.560. The molecule has 1 fully saturated rings. The molecule has 0 aromatic carbocycles. The molecular weight excluding hydrogens is 118 g/mol. The zero-order chi connectivity index (χ0) is 6.85. The molecule has 54 valence electrons. The lowest BCUT2D eigenvalue weighted by molar-refractivity contribution is 0.0315. The van der Waals surface area contributed by atoms with Gasteiger partial charge in [-0.05, 0) is 19.9 Å². The van der Waals surface area contributed by atoms with Gasteiger partial charge in [0.1, 0.15) is 0 Å². The van der Waals surface area contributed by atoms with E-state index in [4.69, 9.17) is 10.2 Å². The molecule has 0 amide bonds. The average molecular weight is 131 g/mol. The van der Waals surface area contributed by atoms with Gasteiger partial charge in [-0.1, -0.05) is 0 Å². The van der Waals surface area contributed by atoms with Crippen molar-refractivity contribution in [1.82, 2.24) is 5.32 Å². The zero-order valence-electron chi connectivity index (χ0n) is 5.54. The molecule has 0 saturated heterocycles. The van der Waals surface area contributed by atoms with Crippen molar-refractivity contribution in [1.29, 1.82) is 0 Å². The number of nitrogens with one attached hydrogen (secondary N) is 1. The highest BCUT2D eigenvalue weighted by molar-refractivity contribution is 4.88. The number of hydrogen-bond donors (Lipinski definition) is 3. The molecule has 1 aliphatic rings. The third-order valence-corrected chi connectivity index (χ3v) is 1.95. The van der Waals surface area contributed by atoms with E-state index in [1.165, 1.54) is 0 Å². The van der Waals surface area contributed by atoms with E-state index >= 15 is 0 Å². The standard InChI is InChI=1S/C6H13NO2/c1-7-4-2-3-5(8)6(4)9/h4-9H,2-3H2,1H3/t4-,5-,6+/m1/s1. The summed E-state index contributed by atoms with van der Waals surface area (Å²) in [7, 11) is 1.80. The second kappa shape index (κ2) is 2.64. The van der Waals surface area contributed by atoms with Gasteiger partial charge in [0, 0.05) is 6.04 Å². The molecular formula is C6H13NO2. The molecule has 0 heterocycles. The SMILES string of the molecule is CN[C@@H]1CC[C@@H](O)[C@H]1O. The Kier molecular flexibility index (Phi) is 2.05. The van der Waals surface area contributed by atoms with E-state index in [9.17, 15) is 0 Å². The first-order chi connectivity index (χ1) is 4.25. The van der Waals surface area contributed by atoms with Crippen LogP contribution < -0.4 is 5.32 Å². The summed E-state index contributed by atoms with van der Waals surface area (Å²) < 4.78 is 0. The van der Waals surface area contributed by atoms with E-state index in [0.29, 0.717) is 6.42 Å². The van der Waals surface area contributed by atoms with E-state index in [0.717, 1.165) is 6.42 Å². The summed E-state index contributed by atoms with van der Waals surface area (Å²) in [4.78, 5) is 0. The topological polar surface area (TPSA) is 52.5 Å². The van der Waals surface area contributed by atoms with Crippen LogP contribution in [0.5, 0.6) is 0 Å². The number of aliphatic hydroxyl groups is 2. The fourth-order valence-corrected chi connectivity index (χ4v) is 1.28. The van der Waals surface area contributed by atoms with Gasteiger partial charge < -0.3 is 15.5 Å². The van der Waals surface area contributed by atoms with Gasteiger partial charge in [0.2, 0.25) is 0 Å². The van der Waals surface area contributed by atoms with Crippen LogP contribution in [0, 0.1) is 0 Å². The van der Waals surface area contributed by atoms with Gasteiger partial charge in [-0.15, -0.1) is 0 Å². The Hall–Kier alpha value is -0.120. The lowest BCUT2D eigenvalue weighted by Gasteiger charge is -2.14. The minimum absolute atomic E-state index is 0.0972. The monoisotopic (exact) mass is 131 g/mol. The maximum atomic E-state index is 9.14. The molecule has 1 rings (SSSR count). The number of rotatable bonds is 1. The van der Waals surface area contributed by atoms with Crippen LogP contribution >= 0.6 is 0 Å². The van der Waals surface area contributed by atoms with Gasteiger partial charge >= 0.3 is 0 Å². The third kappa shape index (κ3) is 1.23. The fraction of sp³-hybridized carbons (Fsp3) is 1.00. The minimum Gasteiger partial charge on any atom is -0.390 e. The average Bonchev–Trinajstić information content (AvgIpc) is 2.15. The summed E-state index contributed by atoms with van der Waals surface area (Å²) in [5.74, 6) is 0. The summed E-state index contributed by atoms with van der Waals surface area (Å²) in [5.41, 5.74) is 0. The second-order valence-corrected chi connectivity index (χ2v) is 2.53. The van der Waals surface area contributed by atoms with Crippen LogP contribution in [0.3, 0.4) is 0 Å². The molecule has 3 nitrogen and oxygen atoms in total. The summed E-state index contributed by atoms with van der Waals surface area (Å²) in [6.45, 7) is 0. The normalized spacial score (nSPS) is 43.7. The van der Waals surface area contributed by atoms with Gasteiger partial charge in [-0.2, -0.15) is 0 Å². The lowest BCUT2D eigenvalue weighted by atomic mass is 10.2. The molecule has 3 heteroatoms. The van der Waals surface area contributed by atoms with Crippen molar-refractivity contribution >= 4 is 0 Å². The molecule has 9 heavy (non-hydrogen) atoms. The van der Waals surface area contributed by atoms with Crippen molar-refractivity contribution in [3.05, 3.63) is 0 Å². The van der Waals surface area contributed by atoms with Crippen LogP contribution in [-0.2, 0) is 0 Å². The summed E-state index contributed by atoms with van der Waals surface area (Å²) in [5, 5.41) is 21.1. The Morgan fingerprint density at radius 1 is 1.33 bits per heavy atom. The second-order valence-electron chi connectivity index (χ2n) is 2.53. The van der Waals surface area contributed by atoms with Crippen molar-refractivity contribution in [2.45, 2.75) is 31.1 Å². The maximum Gasteiger partial charge on any atom is 0.0951 e. The Morgan fingerprint density at radius 2 is 2.00 bits per heavy atom. The van der Waals surface area contributed by atoms with Crippen molar-refractivity contribution in [2.24, 2.45) is 0 Å². The first kappa shape index (κ1) is 6.99. The van der Waals surface area contributed by atoms with E-state index in [1.807, 2.05) is 0 Å². The molecule has 3 N–H and O–H groups in total. The summed E-state index contributed by atoms with van der Waals surface area (Å²) in [6, 6.07) is 0.0972. The number of aliphatic hydroxyl groups excluding tert-OH is 2. The smallest absolute Gasteiger partial charge is 0.0951 e. The maximum absolute atomic E-state index is 9.14. The highest BCUT2D eigenvalue weighted by Gasteiger charge is 2.31. The van der Waals surface area contributed by atoms with E-state index in [1.54, 1.807) is 7.05 Å². The highest BCUT2D eigenvalue weighted by Crippen LogP contribution is 2.18. The van der Waals surface area contributed by atoms with Crippen molar-refractivity contribution in [3.8, 4) is 0 Å². The molecule has 0 spiro atoms. The predicted octanol–water partition coefficient (Wildman–Crippen LogP) is -0.910. The zero-order valence-corrected chi connectivity index (χ0v) is 5.54. The lowest BCUT2D eigenvalue weighted by Crippen LogP contribution is -2.37. The quantitative estimate of drug-likeness (QED) is 0.432. The van der Waals surface area contributed by atoms with E-state index in [2.05, 4.69) is 5.32 Å². The van der Waals surface area contributed by atoms with Crippen molar-refractivity contribution in [3.63, 3.8) is 0 Å².